The maximum Gasteiger partial charge on any atom is 0.130 e. The van der Waals surface area contributed by atoms with E-state index in [2.05, 4.69) is 35.6 Å². The first kappa shape index (κ1) is 5.56. The van der Waals surface area contributed by atoms with Crippen LogP contribution in [-0.4, -0.2) is 10.7 Å². The van der Waals surface area contributed by atoms with Crippen LogP contribution in [0.1, 0.15) is 6.92 Å². The molecule has 0 amide bonds. The molecule has 1 rings (SSSR count). The van der Waals surface area contributed by atoms with E-state index in [-0.39, 0.29) is 0 Å². The Hall–Kier alpha value is 0.430. The summed E-state index contributed by atoms with van der Waals surface area (Å²) in [5.41, 5.74) is 1.35. The fourth-order valence-electron chi connectivity index (χ4n) is 0.488. The second kappa shape index (κ2) is 2.13. The molecule has 1 aliphatic rings. The van der Waals surface area contributed by atoms with Crippen molar-refractivity contribution in [1.29, 1.82) is 0 Å². The Bertz CT molecular complexity index is 98.3. The molecule has 1 unspecified atom stereocenters. The molecule has 1 atom stereocenters. The van der Waals surface area contributed by atoms with Crippen LogP contribution in [0, 0.1) is 0 Å². The molecule has 0 saturated heterocycles. The normalized spacial score (nSPS) is 30.6. The molecule has 0 aliphatic carbocycles. The highest BCUT2D eigenvalue weighted by molar-refractivity contribution is 14.1. The predicted molar refractivity (Wildman–Crippen MR) is 37.5 cm³/mol. The second-order valence-corrected chi connectivity index (χ2v) is 2.73. The number of ether oxygens (including phenoxy) is 1. The molecular formula is C5H7IO. The van der Waals surface area contributed by atoms with Gasteiger partial charge in [-0.25, -0.2) is 0 Å². The van der Waals surface area contributed by atoms with Crippen molar-refractivity contribution in [3.8, 4) is 0 Å². The first-order valence-corrected chi connectivity index (χ1v) is 3.47. The summed E-state index contributed by atoms with van der Waals surface area (Å²) in [6.45, 7) is 2.89. The zero-order chi connectivity index (χ0) is 5.28. The van der Waals surface area contributed by atoms with Gasteiger partial charge in [0.15, 0.2) is 0 Å². The molecule has 1 aliphatic heterocycles. The van der Waals surface area contributed by atoms with Crippen molar-refractivity contribution in [2.45, 2.75) is 11.0 Å². The first-order chi connectivity index (χ1) is 3.30. The van der Waals surface area contributed by atoms with Crippen LogP contribution in [0.3, 0.4) is 0 Å². The fourth-order valence-corrected chi connectivity index (χ4v) is 0.950. The number of hydrogen-bond acceptors (Lipinski definition) is 1. The van der Waals surface area contributed by atoms with Gasteiger partial charge in [0.1, 0.15) is 4.11 Å². The summed E-state index contributed by atoms with van der Waals surface area (Å²) in [7, 11) is 0. The van der Waals surface area contributed by atoms with Crippen molar-refractivity contribution in [3.05, 3.63) is 11.6 Å². The minimum absolute atomic E-state index is 0.345. The van der Waals surface area contributed by atoms with Crippen LogP contribution >= 0.6 is 22.6 Å². The van der Waals surface area contributed by atoms with Gasteiger partial charge in [-0.2, -0.15) is 0 Å². The van der Waals surface area contributed by atoms with E-state index >= 15 is 0 Å². The van der Waals surface area contributed by atoms with Crippen LogP contribution < -0.4 is 0 Å². The molecule has 0 N–H and O–H groups in total. The van der Waals surface area contributed by atoms with Crippen molar-refractivity contribution < 1.29 is 4.74 Å². The van der Waals surface area contributed by atoms with Crippen LogP contribution in [0.2, 0.25) is 0 Å². The van der Waals surface area contributed by atoms with Crippen LogP contribution in [-0.2, 0) is 4.74 Å². The summed E-state index contributed by atoms with van der Waals surface area (Å²) in [5.74, 6) is 0. The lowest BCUT2D eigenvalue weighted by molar-refractivity contribution is 0.195. The van der Waals surface area contributed by atoms with Crippen molar-refractivity contribution in [3.63, 3.8) is 0 Å². The average Bonchev–Trinajstić information content (AvgIpc) is 1.91. The Morgan fingerprint density at radius 1 is 2.00 bits per heavy atom. The van der Waals surface area contributed by atoms with E-state index < -0.39 is 0 Å². The molecule has 1 nitrogen and oxygen atoms in total. The molecule has 1 heterocycles. The second-order valence-electron chi connectivity index (χ2n) is 1.60. The summed E-state index contributed by atoms with van der Waals surface area (Å²) in [4.78, 5) is 0. The van der Waals surface area contributed by atoms with Gasteiger partial charge in [-0.3, -0.25) is 0 Å². The Balaban J connectivity index is 2.54. The first-order valence-electron chi connectivity index (χ1n) is 2.23. The Morgan fingerprint density at radius 3 is 2.86 bits per heavy atom. The molecule has 0 radical (unpaired) electrons. The smallest absolute Gasteiger partial charge is 0.130 e. The number of halogens is 1. The summed E-state index contributed by atoms with van der Waals surface area (Å²) >= 11 is 2.27. The van der Waals surface area contributed by atoms with Gasteiger partial charge in [0.25, 0.3) is 0 Å². The highest BCUT2D eigenvalue weighted by Crippen LogP contribution is 2.18. The van der Waals surface area contributed by atoms with E-state index in [1.807, 2.05) is 0 Å². The lowest BCUT2D eigenvalue weighted by atomic mass is 10.3. The van der Waals surface area contributed by atoms with Crippen LogP contribution in [0.5, 0.6) is 0 Å². The Morgan fingerprint density at radius 2 is 2.71 bits per heavy atom. The minimum atomic E-state index is 0.345. The number of hydrogen-bond donors (Lipinski definition) is 0. The summed E-state index contributed by atoms with van der Waals surface area (Å²) in [5, 5.41) is 0. The quantitative estimate of drug-likeness (QED) is 0.336. The van der Waals surface area contributed by atoms with Crippen molar-refractivity contribution in [2.75, 3.05) is 6.61 Å². The third-order valence-corrected chi connectivity index (χ3v) is 2.35. The predicted octanol–water partition coefficient (Wildman–Crippen LogP) is 1.72. The van der Waals surface area contributed by atoms with E-state index in [0.29, 0.717) is 4.11 Å². The monoisotopic (exact) mass is 210 g/mol. The van der Waals surface area contributed by atoms with E-state index in [4.69, 9.17) is 4.74 Å². The standard InChI is InChI=1S/C5H7IO/c1-4-2-3-7-5(4)6/h2,5H,3H2,1H3. The van der Waals surface area contributed by atoms with Crippen molar-refractivity contribution in [2.24, 2.45) is 0 Å². The molecular weight excluding hydrogens is 203 g/mol. The fraction of sp³-hybridized carbons (Fsp3) is 0.600. The SMILES string of the molecule is CC1=CCOC1I. The van der Waals surface area contributed by atoms with Gasteiger partial charge in [0.05, 0.1) is 6.61 Å². The van der Waals surface area contributed by atoms with E-state index in [1.165, 1.54) is 5.57 Å². The van der Waals surface area contributed by atoms with E-state index in [0.717, 1.165) is 6.61 Å². The van der Waals surface area contributed by atoms with Gasteiger partial charge in [-0.1, -0.05) is 6.08 Å². The highest BCUT2D eigenvalue weighted by atomic mass is 127. The van der Waals surface area contributed by atoms with Crippen LogP contribution in [0.15, 0.2) is 11.6 Å². The molecule has 0 aromatic rings. The largest absolute Gasteiger partial charge is 0.359 e. The number of rotatable bonds is 0. The zero-order valence-electron chi connectivity index (χ0n) is 4.15. The van der Waals surface area contributed by atoms with Crippen molar-refractivity contribution in [1.82, 2.24) is 0 Å². The molecule has 0 bridgehead atoms. The van der Waals surface area contributed by atoms with Gasteiger partial charge in [-0.15, -0.1) is 0 Å². The van der Waals surface area contributed by atoms with Gasteiger partial charge >= 0.3 is 0 Å². The summed E-state index contributed by atoms with van der Waals surface area (Å²) in [6.07, 6.45) is 2.11. The lowest BCUT2D eigenvalue weighted by Gasteiger charge is -1.98. The van der Waals surface area contributed by atoms with Gasteiger partial charge in [-0.05, 0) is 35.1 Å². The molecule has 0 spiro atoms. The highest BCUT2D eigenvalue weighted by Gasteiger charge is 2.09. The summed E-state index contributed by atoms with van der Waals surface area (Å²) in [6, 6.07) is 0. The molecule has 0 fully saturated rings. The van der Waals surface area contributed by atoms with Crippen LogP contribution in [0.4, 0.5) is 0 Å². The van der Waals surface area contributed by atoms with E-state index in [9.17, 15) is 0 Å². The summed E-state index contributed by atoms with van der Waals surface area (Å²) < 4.78 is 5.50. The van der Waals surface area contributed by atoms with Gasteiger partial charge in [0.2, 0.25) is 0 Å². The topological polar surface area (TPSA) is 9.23 Å². The maximum atomic E-state index is 5.16. The third-order valence-electron chi connectivity index (χ3n) is 1.01. The van der Waals surface area contributed by atoms with E-state index in [1.54, 1.807) is 0 Å². The van der Waals surface area contributed by atoms with Crippen LogP contribution in [0.25, 0.3) is 0 Å². The molecule has 0 saturated carbocycles. The molecule has 7 heavy (non-hydrogen) atoms. The molecule has 0 aromatic heterocycles. The Labute approximate surface area is 56.9 Å². The Kier molecular flexibility index (Phi) is 1.69. The third kappa shape index (κ3) is 1.16. The maximum absolute atomic E-state index is 5.16. The molecule has 2 heteroatoms. The molecule has 0 aromatic carbocycles. The molecule has 40 valence electrons. The minimum Gasteiger partial charge on any atom is -0.359 e. The average molecular weight is 210 g/mol. The lowest BCUT2D eigenvalue weighted by Crippen LogP contribution is -1.94. The zero-order valence-corrected chi connectivity index (χ0v) is 6.31. The van der Waals surface area contributed by atoms with Crippen molar-refractivity contribution >= 4 is 22.6 Å². The van der Waals surface area contributed by atoms with Gasteiger partial charge in [0, 0.05) is 0 Å². The van der Waals surface area contributed by atoms with Gasteiger partial charge < -0.3 is 4.74 Å². The number of alkyl halides is 1.